The second-order valence-corrected chi connectivity index (χ2v) is 9.05. The minimum atomic E-state index is -0.0909. The summed E-state index contributed by atoms with van der Waals surface area (Å²) in [7, 11) is 0. The molecule has 0 aliphatic carbocycles. The first kappa shape index (κ1) is 23.0. The molecule has 0 aliphatic rings. The van der Waals surface area contributed by atoms with E-state index in [9.17, 15) is 9.59 Å². The van der Waals surface area contributed by atoms with Crippen LogP contribution in [0, 0.1) is 6.92 Å². The predicted octanol–water partition coefficient (Wildman–Crippen LogP) is 5.76. The first-order valence-corrected chi connectivity index (χ1v) is 12.0. The van der Waals surface area contributed by atoms with Gasteiger partial charge in [-0.3, -0.25) is 9.59 Å². The van der Waals surface area contributed by atoms with Crippen molar-refractivity contribution in [2.24, 2.45) is 0 Å². The highest BCUT2D eigenvalue weighted by Gasteiger charge is 2.12. The smallest absolute Gasteiger partial charge is 0.251 e. The molecule has 4 aromatic rings. The molecule has 0 saturated heterocycles. The molecule has 0 spiro atoms. The number of hydrogen-bond donors (Lipinski definition) is 2. The van der Waals surface area contributed by atoms with Crippen molar-refractivity contribution in [1.29, 1.82) is 0 Å². The molecule has 1 heterocycles. The highest BCUT2D eigenvalue weighted by atomic mass is 35.5. The normalized spacial score (nSPS) is 10.8. The van der Waals surface area contributed by atoms with Crippen LogP contribution < -0.4 is 10.6 Å². The fourth-order valence-corrected chi connectivity index (χ4v) is 4.57. The van der Waals surface area contributed by atoms with Gasteiger partial charge in [0.05, 0.1) is 5.75 Å². The number of nitrogens with one attached hydrogen (secondary N) is 2. The van der Waals surface area contributed by atoms with Gasteiger partial charge < -0.3 is 15.2 Å². The third-order valence-electron chi connectivity index (χ3n) is 5.24. The number of thioether (sulfide) groups is 1. The van der Waals surface area contributed by atoms with Gasteiger partial charge in [0.25, 0.3) is 5.91 Å². The maximum atomic E-state index is 12.5. The Labute approximate surface area is 202 Å². The maximum Gasteiger partial charge on any atom is 0.251 e. The van der Waals surface area contributed by atoms with Crippen molar-refractivity contribution in [3.8, 4) is 0 Å². The Morgan fingerprint density at radius 3 is 2.55 bits per heavy atom. The minimum absolute atomic E-state index is 0.0884. The van der Waals surface area contributed by atoms with Crippen LogP contribution in [0.3, 0.4) is 0 Å². The second-order valence-electron chi connectivity index (χ2n) is 7.63. The molecule has 0 aliphatic heterocycles. The van der Waals surface area contributed by atoms with E-state index < -0.39 is 0 Å². The summed E-state index contributed by atoms with van der Waals surface area (Å²) in [6, 6.07) is 22.7. The van der Waals surface area contributed by atoms with Gasteiger partial charge in [-0.25, -0.2) is 0 Å². The van der Waals surface area contributed by atoms with Crippen LogP contribution in [0.5, 0.6) is 0 Å². The van der Waals surface area contributed by atoms with Crippen molar-refractivity contribution in [1.82, 2.24) is 9.88 Å². The maximum absolute atomic E-state index is 12.5. The molecule has 0 atom stereocenters. The average Bonchev–Trinajstić information content (AvgIpc) is 3.18. The van der Waals surface area contributed by atoms with Crippen LogP contribution >= 0.6 is 23.4 Å². The van der Waals surface area contributed by atoms with Crippen molar-refractivity contribution in [2.45, 2.75) is 18.4 Å². The zero-order valence-corrected chi connectivity index (χ0v) is 19.7. The van der Waals surface area contributed by atoms with Crippen molar-refractivity contribution in [3.63, 3.8) is 0 Å². The Morgan fingerprint density at radius 2 is 1.76 bits per heavy atom. The van der Waals surface area contributed by atoms with E-state index in [1.807, 2.05) is 67.7 Å². The summed E-state index contributed by atoms with van der Waals surface area (Å²) in [4.78, 5) is 25.8. The summed E-state index contributed by atoms with van der Waals surface area (Å²) >= 11 is 7.64. The van der Waals surface area contributed by atoms with Crippen LogP contribution in [-0.2, 0) is 11.3 Å². The van der Waals surface area contributed by atoms with E-state index in [0.717, 1.165) is 21.4 Å². The second kappa shape index (κ2) is 10.6. The van der Waals surface area contributed by atoms with Gasteiger partial charge in [0, 0.05) is 51.4 Å². The number of aryl methyl sites for hydroxylation is 1. The summed E-state index contributed by atoms with van der Waals surface area (Å²) < 4.78 is 2.11. The zero-order chi connectivity index (χ0) is 23.2. The molecule has 4 rings (SSSR count). The van der Waals surface area contributed by atoms with Crippen LogP contribution in [-0.4, -0.2) is 28.7 Å². The van der Waals surface area contributed by atoms with E-state index in [4.69, 9.17) is 11.6 Å². The Morgan fingerprint density at radius 1 is 1.00 bits per heavy atom. The van der Waals surface area contributed by atoms with Gasteiger partial charge >= 0.3 is 0 Å². The number of halogens is 1. The number of fused-ring (bicyclic) bond motifs is 1. The lowest BCUT2D eigenvalue weighted by molar-refractivity contribution is -0.113. The quantitative estimate of drug-likeness (QED) is 0.317. The molecule has 0 unspecified atom stereocenters. The molecule has 5 nitrogen and oxygen atoms in total. The summed E-state index contributed by atoms with van der Waals surface area (Å²) in [6.07, 6.45) is 2.04. The molecule has 33 heavy (non-hydrogen) atoms. The van der Waals surface area contributed by atoms with Gasteiger partial charge in [-0.1, -0.05) is 54.1 Å². The van der Waals surface area contributed by atoms with Crippen molar-refractivity contribution in [3.05, 3.63) is 95.1 Å². The molecular formula is C26H24ClN3O2S. The highest BCUT2D eigenvalue weighted by Crippen LogP contribution is 2.30. The number of carbonyl (C=O) groups is 2. The van der Waals surface area contributed by atoms with Gasteiger partial charge in [0.2, 0.25) is 5.91 Å². The van der Waals surface area contributed by atoms with Crippen molar-refractivity contribution < 1.29 is 9.59 Å². The number of para-hydroxylation sites is 1. The Balaban J connectivity index is 1.38. The Bertz CT molecular complexity index is 1290. The van der Waals surface area contributed by atoms with Gasteiger partial charge in [0.1, 0.15) is 0 Å². The number of amides is 2. The molecule has 7 heteroatoms. The summed E-state index contributed by atoms with van der Waals surface area (Å²) in [6.45, 7) is 3.06. The number of aromatic nitrogens is 1. The number of nitrogens with zero attached hydrogens (tertiary/aromatic N) is 1. The van der Waals surface area contributed by atoms with E-state index in [-0.39, 0.29) is 17.6 Å². The highest BCUT2D eigenvalue weighted by molar-refractivity contribution is 8.00. The Hall–Kier alpha value is -3.22. The van der Waals surface area contributed by atoms with Crippen molar-refractivity contribution >= 4 is 51.8 Å². The van der Waals surface area contributed by atoms with E-state index in [1.54, 1.807) is 18.2 Å². The lowest BCUT2D eigenvalue weighted by atomic mass is 10.2. The lowest BCUT2D eigenvalue weighted by Gasteiger charge is -2.07. The molecule has 2 amide bonds. The van der Waals surface area contributed by atoms with E-state index in [0.29, 0.717) is 29.4 Å². The molecule has 0 bridgehead atoms. The van der Waals surface area contributed by atoms with Crippen molar-refractivity contribution in [2.75, 3.05) is 17.6 Å². The third kappa shape index (κ3) is 5.78. The lowest BCUT2D eigenvalue weighted by Crippen LogP contribution is -2.26. The summed E-state index contributed by atoms with van der Waals surface area (Å²) in [5.41, 5.74) is 3.37. The summed E-state index contributed by atoms with van der Waals surface area (Å²) in [5, 5.41) is 7.58. The molecule has 2 N–H and O–H groups in total. The molecule has 0 fully saturated rings. The number of carbonyl (C=O) groups excluding carboxylic acids is 2. The van der Waals surface area contributed by atoms with Crippen LogP contribution in [0.15, 0.2) is 83.9 Å². The van der Waals surface area contributed by atoms with Gasteiger partial charge in [-0.05, 0) is 42.8 Å². The average molecular weight is 478 g/mol. The first-order chi connectivity index (χ1) is 16.0. The topological polar surface area (TPSA) is 63.1 Å². The standard InChI is InChI=1S/C26H24ClN3O2S/c1-18-11-12-20(15-22(18)27)29-25(31)17-33-24-16-30(23-10-6-5-9-21(23)24)14-13-28-26(32)19-7-3-2-4-8-19/h2-12,15-16H,13-14,17H2,1H3,(H,28,32)(H,29,31). The van der Waals surface area contributed by atoms with E-state index >= 15 is 0 Å². The number of benzene rings is 3. The van der Waals surface area contributed by atoms with Crippen LogP contribution in [0.25, 0.3) is 10.9 Å². The van der Waals surface area contributed by atoms with Crippen LogP contribution in [0.2, 0.25) is 5.02 Å². The fraction of sp³-hybridized carbons (Fsp3) is 0.154. The van der Waals surface area contributed by atoms with Gasteiger partial charge in [-0.15, -0.1) is 11.8 Å². The van der Waals surface area contributed by atoms with E-state index in [1.165, 1.54) is 11.8 Å². The first-order valence-electron chi connectivity index (χ1n) is 10.6. The fourth-order valence-electron chi connectivity index (χ4n) is 3.51. The van der Waals surface area contributed by atoms with Gasteiger partial charge in [0.15, 0.2) is 0 Å². The SMILES string of the molecule is Cc1ccc(NC(=O)CSc2cn(CCNC(=O)c3ccccc3)c3ccccc23)cc1Cl. The number of anilines is 1. The number of hydrogen-bond acceptors (Lipinski definition) is 3. The molecule has 168 valence electrons. The largest absolute Gasteiger partial charge is 0.350 e. The number of rotatable bonds is 8. The zero-order valence-electron chi connectivity index (χ0n) is 18.2. The van der Waals surface area contributed by atoms with Crippen LogP contribution in [0.1, 0.15) is 15.9 Å². The molecule has 0 radical (unpaired) electrons. The molecule has 3 aromatic carbocycles. The third-order valence-corrected chi connectivity index (χ3v) is 6.69. The van der Waals surface area contributed by atoms with Gasteiger partial charge in [-0.2, -0.15) is 0 Å². The minimum Gasteiger partial charge on any atom is -0.350 e. The predicted molar refractivity (Wildman–Crippen MR) is 136 cm³/mol. The van der Waals surface area contributed by atoms with Crippen LogP contribution in [0.4, 0.5) is 5.69 Å². The summed E-state index contributed by atoms with van der Waals surface area (Å²) in [5.74, 6) is 0.103. The molecule has 0 saturated carbocycles. The Kier molecular flexibility index (Phi) is 7.37. The van der Waals surface area contributed by atoms with E-state index in [2.05, 4.69) is 15.2 Å². The monoisotopic (exact) mass is 477 g/mol. The molecular weight excluding hydrogens is 454 g/mol. The molecule has 1 aromatic heterocycles.